The molecule has 6 aliphatic rings. The van der Waals surface area contributed by atoms with Gasteiger partial charge in [-0.1, -0.05) is 59.9 Å². The summed E-state index contributed by atoms with van der Waals surface area (Å²) in [7, 11) is -39.5. The van der Waals surface area contributed by atoms with Gasteiger partial charge in [0, 0.05) is 87.4 Å². The molecule has 6 saturated heterocycles. The lowest BCUT2D eigenvalue weighted by molar-refractivity contribution is -0.147. The first kappa shape index (κ1) is 77.9. The molecule has 28 nitrogen and oxygen atoms in total. The maximum Gasteiger partial charge on any atom is 0.479 e. The van der Waals surface area contributed by atoms with Gasteiger partial charge in [0.25, 0.3) is 0 Å². The summed E-state index contributed by atoms with van der Waals surface area (Å²) in [6.07, 6.45) is -0.405. The van der Waals surface area contributed by atoms with E-state index in [0.29, 0.717) is 0 Å². The average molecular weight is 1440 g/mol. The van der Waals surface area contributed by atoms with E-state index >= 15 is 0 Å². The molecule has 0 aromatic rings. The third-order valence-electron chi connectivity index (χ3n) is 13.5. The second kappa shape index (κ2) is 34.2. The SMILES string of the molecule is C=C(C)C(=O)OCCC[Si]12O[Si]3(CCCOC(=O)C(=C)C)O[Si]4(CCCOC(=O)C(=C)C)O[Si](CCCOC(=O)C(=C)C)(O1)O[Si]1(CCCOC(=O)C(=C)C)O[Si](CCCOC(=O)C(=C)C)(O2)O[Si](CCCOC(=O)C(=C)C)(O3)O[Si](CCCOC(=O)C(C)C)(O4)O1. The lowest BCUT2D eigenvalue weighted by Gasteiger charge is -2.63. The van der Waals surface area contributed by atoms with Crippen molar-refractivity contribution in [3.63, 3.8) is 0 Å². The molecule has 6 fully saturated rings. The molecule has 0 aliphatic carbocycles. The zero-order valence-electron chi connectivity index (χ0n) is 54.4. The first-order chi connectivity index (χ1) is 43.1. The van der Waals surface area contributed by atoms with Gasteiger partial charge in [0.15, 0.2) is 0 Å². The van der Waals surface area contributed by atoms with E-state index in [1.165, 1.54) is 48.5 Å². The molecule has 0 radical (unpaired) electrons. The maximum atomic E-state index is 13.1. The van der Waals surface area contributed by atoms with Gasteiger partial charge in [-0.05, 0) is 99.8 Å². The summed E-state index contributed by atoms with van der Waals surface area (Å²) < 4.78 is 138. The standard InChI is InChI=1S/C56H90O28Si8/c1-41(2)49(57)65-25-17-33-85-73-86(34-18-26-66-50(58)42(3)4)76-89(37-21-29-69-53(61)45(9)10)78-87(74-85,35-19-27-67-51(59)43(5)6)80-91(39-23-31-71-55(63)47(13)14)81-88(75-85,36-20-28-68-52(60)44(7)8)79-90(77-86,38-22-30-70-54(62)46(11)12)83-92(82-89,84-91)40-24-32-72-56(64)48(15)16/h48H,1,3,5,7,9,11,13,17-40H2,2,4,6,8,10,12,14-16H3. The van der Waals surface area contributed by atoms with Crippen LogP contribution in [0.5, 0.6) is 0 Å². The smallest absolute Gasteiger partial charge is 0.465 e. The minimum Gasteiger partial charge on any atom is -0.465 e. The van der Waals surface area contributed by atoms with Crippen LogP contribution in [0.15, 0.2) is 85.1 Å². The Kier molecular flexibility index (Phi) is 29.0. The Morgan fingerprint density at radius 3 is 0.478 bits per heavy atom. The lowest BCUT2D eigenvalue weighted by Crippen LogP contribution is -2.88. The molecule has 6 heterocycles. The van der Waals surface area contributed by atoms with Gasteiger partial charge in [0.1, 0.15) is 0 Å². The summed E-state index contributed by atoms with van der Waals surface area (Å²) in [5, 5.41) is 0. The predicted molar refractivity (Wildman–Crippen MR) is 341 cm³/mol. The quantitative estimate of drug-likeness (QED) is 0.0185. The molecule has 8 bridgehead atoms. The molecule has 0 N–H and O–H groups in total. The molecule has 0 aromatic heterocycles. The zero-order valence-corrected chi connectivity index (χ0v) is 62.4. The van der Waals surface area contributed by atoms with Crippen LogP contribution in [0.4, 0.5) is 0 Å². The van der Waals surface area contributed by atoms with E-state index in [-0.39, 0.29) is 192 Å². The number of carbonyl (C=O) groups excluding carboxylic acids is 8. The van der Waals surface area contributed by atoms with E-state index in [2.05, 4.69) is 46.1 Å². The monoisotopic (exact) mass is 1430 g/mol. The lowest BCUT2D eigenvalue weighted by atomic mass is 10.2. The van der Waals surface area contributed by atoms with Crippen molar-refractivity contribution in [3.05, 3.63) is 85.1 Å². The van der Waals surface area contributed by atoms with Gasteiger partial charge in [-0.3, -0.25) is 4.79 Å². The number of ether oxygens (including phenoxy) is 8. The van der Waals surface area contributed by atoms with Crippen LogP contribution in [-0.4, -0.2) is 171 Å². The van der Waals surface area contributed by atoms with Gasteiger partial charge in [0.05, 0.1) is 58.8 Å². The van der Waals surface area contributed by atoms with Crippen LogP contribution in [0.3, 0.4) is 0 Å². The van der Waals surface area contributed by atoms with Crippen LogP contribution < -0.4 is 0 Å². The van der Waals surface area contributed by atoms with Crippen molar-refractivity contribution in [2.45, 2.75) is 162 Å². The largest absolute Gasteiger partial charge is 0.479 e. The van der Waals surface area contributed by atoms with Crippen LogP contribution in [0, 0.1) is 5.92 Å². The molecule has 6 rings (SSSR count). The normalized spacial score (nSPS) is 27.5. The van der Waals surface area contributed by atoms with Gasteiger partial charge in [-0.2, -0.15) is 0 Å². The van der Waals surface area contributed by atoms with Gasteiger partial charge in [-0.25, -0.2) is 33.6 Å². The molecule has 0 unspecified atom stereocenters. The zero-order chi connectivity index (χ0) is 68.4. The van der Waals surface area contributed by atoms with Crippen molar-refractivity contribution in [1.29, 1.82) is 0 Å². The number of hydrogen-bond acceptors (Lipinski definition) is 28. The Labute approximate surface area is 547 Å². The molecule has 92 heavy (non-hydrogen) atoms. The molecule has 514 valence electrons. The fourth-order valence-electron chi connectivity index (χ4n) is 9.23. The molecule has 0 saturated carbocycles. The molecule has 0 amide bonds. The molecular formula is C56H90O28Si8. The highest BCUT2D eigenvalue weighted by molar-refractivity contribution is 7.03. The van der Waals surface area contributed by atoms with E-state index in [0.717, 1.165) is 0 Å². The first-order valence-corrected chi connectivity index (χ1v) is 45.9. The third-order valence-corrected chi connectivity index (χ3v) is 51.1. The Balaban J connectivity index is 1.96. The van der Waals surface area contributed by atoms with E-state index in [9.17, 15) is 38.4 Å². The van der Waals surface area contributed by atoms with E-state index < -0.39 is 124 Å². The van der Waals surface area contributed by atoms with Crippen molar-refractivity contribution >= 4 is 118 Å². The van der Waals surface area contributed by atoms with E-state index in [4.69, 9.17) is 87.3 Å². The van der Waals surface area contributed by atoms with Gasteiger partial charge >= 0.3 is 118 Å². The second-order valence-electron chi connectivity index (χ2n) is 23.3. The van der Waals surface area contributed by atoms with Crippen LogP contribution >= 0.6 is 0 Å². The first-order valence-electron chi connectivity index (χ1n) is 30.5. The third kappa shape index (κ3) is 22.7. The Morgan fingerprint density at radius 2 is 0.370 bits per heavy atom. The van der Waals surface area contributed by atoms with Crippen molar-refractivity contribution in [2.24, 2.45) is 5.92 Å². The Bertz CT molecular complexity index is 2560. The highest BCUT2D eigenvalue weighted by Gasteiger charge is 2.83. The minimum absolute atomic E-state index is 0.0216. The van der Waals surface area contributed by atoms with Crippen molar-refractivity contribution < 1.29 is 126 Å². The van der Waals surface area contributed by atoms with Gasteiger partial charge < -0.3 is 87.3 Å². The van der Waals surface area contributed by atoms with Crippen LogP contribution in [-0.2, 0) is 126 Å². The maximum absolute atomic E-state index is 13.1. The fraction of sp³-hybridized carbons (Fsp3) is 0.607. The number of hydrogen-bond donors (Lipinski definition) is 0. The molecule has 0 spiro atoms. The predicted octanol–water partition coefficient (Wildman–Crippen LogP) is 7.92. The highest BCUT2D eigenvalue weighted by Crippen LogP contribution is 2.55. The minimum atomic E-state index is -4.95. The summed E-state index contributed by atoms with van der Waals surface area (Å²) >= 11 is 0. The van der Waals surface area contributed by atoms with E-state index in [1.807, 2.05) is 0 Å². The van der Waals surface area contributed by atoms with Crippen molar-refractivity contribution in [3.8, 4) is 0 Å². The summed E-state index contributed by atoms with van der Waals surface area (Å²) in [6.45, 7) is 37.8. The van der Waals surface area contributed by atoms with Crippen LogP contribution in [0.1, 0.15) is 114 Å². The van der Waals surface area contributed by atoms with Crippen molar-refractivity contribution in [2.75, 3.05) is 52.9 Å². The topological polar surface area (TPSA) is 321 Å². The number of carbonyl (C=O) groups is 8. The Morgan fingerprint density at radius 1 is 0.250 bits per heavy atom. The van der Waals surface area contributed by atoms with Crippen LogP contribution in [0.25, 0.3) is 0 Å². The summed E-state index contributed by atoms with van der Waals surface area (Å²) in [4.78, 5) is 104. The van der Waals surface area contributed by atoms with Gasteiger partial charge in [0.2, 0.25) is 0 Å². The fourth-order valence-corrected chi connectivity index (χ4v) is 59.4. The summed E-state index contributed by atoms with van der Waals surface area (Å²) in [6, 6.07) is -1.96. The molecule has 0 aromatic carbocycles. The summed E-state index contributed by atoms with van der Waals surface area (Å²) in [5.74, 6) is -5.96. The molecule has 0 atom stereocenters. The number of esters is 8. The highest BCUT2D eigenvalue weighted by atomic mass is 28.6. The van der Waals surface area contributed by atoms with E-state index in [1.54, 1.807) is 13.8 Å². The molecule has 36 heteroatoms. The average Bonchev–Trinajstić information content (AvgIpc) is 0.689. The van der Waals surface area contributed by atoms with Crippen LogP contribution in [0.2, 0.25) is 48.4 Å². The Hall–Kier alpha value is -4.80. The van der Waals surface area contributed by atoms with Crippen molar-refractivity contribution in [1.82, 2.24) is 0 Å². The molecular weight excluding hydrogens is 1350 g/mol. The van der Waals surface area contributed by atoms with Gasteiger partial charge in [-0.15, -0.1) is 0 Å². The molecule has 6 aliphatic heterocycles. The second-order valence-corrected chi connectivity index (χ2v) is 48.0. The number of rotatable bonds is 40. The summed E-state index contributed by atoms with van der Waals surface area (Å²) in [5.41, 5.74) is 0.782.